The Balaban J connectivity index is 1.54. The third-order valence-electron chi connectivity index (χ3n) is 4.73. The van der Waals surface area contributed by atoms with Gasteiger partial charge in [0.15, 0.2) is 0 Å². The fourth-order valence-electron chi connectivity index (χ4n) is 3.51. The highest BCUT2D eigenvalue weighted by molar-refractivity contribution is 5.79. The molecule has 2 aliphatic rings. The van der Waals surface area contributed by atoms with Gasteiger partial charge in [0.2, 0.25) is 5.91 Å². The van der Waals surface area contributed by atoms with Crippen molar-refractivity contribution in [2.75, 3.05) is 18.8 Å². The fraction of sp³-hybridized carbons (Fsp3) is 0.733. The number of aromatic nitrogens is 2. The normalized spacial score (nSPS) is 22.1. The van der Waals surface area contributed by atoms with Gasteiger partial charge in [0.05, 0.1) is 6.04 Å². The molecule has 2 fully saturated rings. The maximum absolute atomic E-state index is 12.5. The molecule has 2 heterocycles. The molecule has 1 aromatic rings. The first kappa shape index (κ1) is 13.5. The van der Waals surface area contributed by atoms with E-state index in [1.54, 1.807) is 0 Å². The lowest BCUT2D eigenvalue weighted by Crippen LogP contribution is -2.42. The van der Waals surface area contributed by atoms with E-state index in [2.05, 4.69) is 10.00 Å². The number of rotatable bonds is 2. The Morgan fingerprint density at radius 2 is 1.85 bits per heavy atom. The van der Waals surface area contributed by atoms with Crippen molar-refractivity contribution in [1.29, 1.82) is 0 Å². The van der Waals surface area contributed by atoms with Crippen LogP contribution < -0.4 is 5.73 Å². The van der Waals surface area contributed by atoms with Crippen LogP contribution in [0.1, 0.15) is 51.0 Å². The summed E-state index contributed by atoms with van der Waals surface area (Å²) in [6.07, 6.45) is 9.84. The minimum atomic E-state index is 0.292. The number of nitrogens with zero attached hydrogens (tertiary/aromatic N) is 3. The molecule has 5 nitrogen and oxygen atoms in total. The zero-order chi connectivity index (χ0) is 13.9. The van der Waals surface area contributed by atoms with Crippen LogP contribution in [0.5, 0.6) is 0 Å². The molecule has 1 saturated heterocycles. The Kier molecular flexibility index (Phi) is 3.94. The SMILES string of the molecule is Nc1ccn(C2CCN(C(=O)C3CCCCC3)CC2)n1. The summed E-state index contributed by atoms with van der Waals surface area (Å²) < 4.78 is 1.96. The molecule has 110 valence electrons. The minimum Gasteiger partial charge on any atom is -0.382 e. The van der Waals surface area contributed by atoms with Crippen molar-refractivity contribution in [3.8, 4) is 0 Å². The second-order valence-electron chi connectivity index (χ2n) is 6.11. The summed E-state index contributed by atoms with van der Waals surface area (Å²) in [7, 11) is 0. The summed E-state index contributed by atoms with van der Waals surface area (Å²) >= 11 is 0. The highest BCUT2D eigenvalue weighted by Gasteiger charge is 2.29. The number of nitrogens with two attached hydrogens (primary N) is 1. The van der Waals surface area contributed by atoms with Gasteiger partial charge in [0, 0.05) is 25.2 Å². The van der Waals surface area contributed by atoms with Crippen molar-refractivity contribution in [3.63, 3.8) is 0 Å². The maximum atomic E-state index is 12.5. The third-order valence-corrected chi connectivity index (χ3v) is 4.73. The van der Waals surface area contributed by atoms with Crippen molar-refractivity contribution in [1.82, 2.24) is 14.7 Å². The van der Waals surface area contributed by atoms with Gasteiger partial charge in [-0.05, 0) is 31.7 Å². The molecule has 3 rings (SSSR count). The summed E-state index contributed by atoms with van der Waals surface area (Å²) in [6.45, 7) is 1.72. The lowest BCUT2D eigenvalue weighted by Gasteiger charge is -2.35. The average molecular weight is 276 g/mol. The summed E-state index contributed by atoms with van der Waals surface area (Å²) in [5.74, 6) is 1.26. The molecule has 2 N–H and O–H groups in total. The van der Waals surface area contributed by atoms with Gasteiger partial charge >= 0.3 is 0 Å². The monoisotopic (exact) mass is 276 g/mol. The number of carbonyl (C=O) groups is 1. The quantitative estimate of drug-likeness (QED) is 0.900. The highest BCUT2D eigenvalue weighted by atomic mass is 16.2. The Bertz CT molecular complexity index is 456. The Morgan fingerprint density at radius 1 is 1.15 bits per heavy atom. The number of likely N-dealkylation sites (tertiary alicyclic amines) is 1. The molecule has 1 amide bonds. The Labute approximate surface area is 120 Å². The lowest BCUT2D eigenvalue weighted by molar-refractivity contribution is -0.137. The maximum Gasteiger partial charge on any atom is 0.225 e. The number of amides is 1. The summed E-state index contributed by atoms with van der Waals surface area (Å²) in [6, 6.07) is 2.22. The van der Waals surface area contributed by atoms with Gasteiger partial charge in [-0.25, -0.2) is 0 Å². The first-order valence-electron chi connectivity index (χ1n) is 7.83. The molecule has 0 unspecified atom stereocenters. The van der Waals surface area contributed by atoms with Crippen LogP contribution in [-0.4, -0.2) is 33.7 Å². The standard InChI is InChI=1S/C15H24N4O/c16-14-8-11-19(17-14)13-6-9-18(10-7-13)15(20)12-4-2-1-3-5-12/h8,11-13H,1-7,9-10H2,(H2,16,17). The van der Waals surface area contributed by atoms with Gasteiger partial charge in [-0.1, -0.05) is 19.3 Å². The molecule has 20 heavy (non-hydrogen) atoms. The van der Waals surface area contributed by atoms with Crippen LogP contribution in [0.3, 0.4) is 0 Å². The van der Waals surface area contributed by atoms with Crippen LogP contribution in [0.25, 0.3) is 0 Å². The predicted octanol–water partition coefficient (Wildman–Crippen LogP) is 2.21. The summed E-state index contributed by atoms with van der Waals surface area (Å²) in [5.41, 5.74) is 5.66. The Hall–Kier alpha value is -1.52. The van der Waals surface area contributed by atoms with Crippen molar-refractivity contribution >= 4 is 11.7 Å². The number of anilines is 1. The number of hydrogen-bond acceptors (Lipinski definition) is 3. The molecule has 0 radical (unpaired) electrons. The van der Waals surface area contributed by atoms with Crippen molar-refractivity contribution < 1.29 is 4.79 Å². The molecule has 0 bridgehead atoms. The van der Waals surface area contributed by atoms with Gasteiger partial charge < -0.3 is 10.6 Å². The van der Waals surface area contributed by atoms with Gasteiger partial charge in [0.25, 0.3) is 0 Å². The van der Waals surface area contributed by atoms with Crippen molar-refractivity contribution in [2.24, 2.45) is 5.92 Å². The number of nitrogen functional groups attached to an aromatic ring is 1. The molecule has 0 aromatic carbocycles. The molecule has 1 aliphatic carbocycles. The van der Waals surface area contributed by atoms with Gasteiger partial charge in [-0.15, -0.1) is 0 Å². The van der Waals surface area contributed by atoms with E-state index < -0.39 is 0 Å². The molecule has 5 heteroatoms. The molecular formula is C15H24N4O. The van der Waals surface area contributed by atoms with Gasteiger partial charge in [-0.3, -0.25) is 9.48 Å². The topological polar surface area (TPSA) is 64.2 Å². The molecule has 1 saturated carbocycles. The van der Waals surface area contributed by atoms with Gasteiger partial charge in [-0.2, -0.15) is 5.10 Å². The zero-order valence-corrected chi connectivity index (χ0v) is 12.0. The van der Waals surface area contributed by atoms with E-state index in [0.717, 1.165) is 38.8 Å². The number of hydrogen-bond donors (Lipinski definition) is 1. The zero-order valence-electron chi connectivity index (χ0n) is 12.0. The van der Waals surface area contributed by atoms with Crippen molar-refractivity contribution in [2.45, 2.75) is 51.0 Å². The van der Waals surface area contributed by atoms with Crippen LogP contribution in [0, 0.1) is 5.92 Å². The fourth-order valence-corrected chi connectivity index (χ4v) is 3.51. The average Bonchev–Trinajstić information content (AvgIpc) is 2.94. The number of piperidine rings is 1. The van der Waals surface area contributed by atoms with E-state index in [1.807, 2.05) is 16.9 Å². The predicted molar refractivity (Wildman–Crippen MR) is 78.1 cm³/mol. The number of carbonyl (C=O) groups excluding carboxylic acids is 1. The first-order chi connectivity index (χ1) is 9.74. The second-order valence-corrected chi connectivity index (χ2v) is 6.11. The molecule has 0 spiro atoms. The second kappa shape index (κ2) is 5.85. The molecule has 1 aromatic heterocycles. The van der Waals surface area contributed by atoms with E-state index in [0.29, 0.717) is 23.7 Å². The largest absolute Gasteiger partial charge is 0.382 e. The van der Waals surface area contributed by atoms with E-state index in [1.165, 1.54) is 19.3 Å². The molecule has 1 aliphatic heterocycles. The van der Waals surface area contributed by atoms with E-state index in [-0.39, 0.29) is 0 Å². The van der Waals surface area contributed by atoms with Crippen LogP contribution in [0.2, 0.25) is 0 Å². The third kappa shape index (κ3) is 2.81. The minimum absolute atomic E-state index is 0.292. The van der Waals surface area contributed by atoms with E-state index >= 15 is 0 Å². The van der Waals surface area contributed by atoms with Crippen LogP contribution in [0.15, 0.2) is 12.3 Å². The van der Waals surface area contributed by atoms with Crippen molar-refractivity contribution in [3.05, 3.63) is 12.3 Å². The molecular weight excluding hydrogens is 252 g/mol. The van der Waals surface area contributed by atoms with E-state index in [4.69, 9.17) is 5.73 Å². The van der Waals surface area contributed by atoms with Crippen LogP contribution >= 0.6 is 0 Å². The van der Waals surface area contributed by atoms with Gasteiger partial charge in [0.1, 0.15) is 5.82 Å². The van der Waals surface area contributed by atoms with Crippen LogP contribution in [-0.2, 0) is 4.79 Å². The molecule has 0 atom stereocenters. The summed E-state index contributed by atoms with van der Waals surface area (Å²) in [5, 5.41) is 4.29. The summed E-state index contributed by atoms with van der Waals surface area (Å²) in [4.78, 5) is 14.6. The Morgan fingerprint density at radius 3 is 2.45 bits per heavy atom. The highest BCUT2D eigenvalue weighted by Crippen LogP contribution is 2.28. The lowest BCUT2D eigenvalue weighted by atomic mass is 9.87. The van der Waals surface area contributed by atoms with E-state index in [9.17, 15) is 4.79 Å². The first-order valence-corrected chi connectivity index (χ1v) is 7.83. The van der Waals surface area contributed by atoms with Crippen LogP contribution in [0.4, 0.5) is 5.82 Å². The smallest absolute Gasteiger partial charge is 0.225 e.